The third-order valence-electron chi connectivity index (χ3n) is 2.25. The van der Waals surface area contributed by atoms with E-state index in [0.717, 1.165) is 0 Å². The number of hydrogen-bond donors (Lipinski definition) is 1. The second-order valence-corrected chi connectivity index (χ2v) is 7.09. The van der Waals surface area contributed by atoms with Crippen molar-refractivity contribution in [1.82, 2.24) is 0 Å². The third-order valence-corrected chi connectivity index (χ3v) is 3.51. The maximum atomic E-state index is 12.0. The van der Waals surface area contributed by atoms with Crippen LogP contribution in [-0.2, 0) is 14.8 Å². The van der Waals surface area contributed by atoms with E-state index in [1.54, 1.807) is 20.8 Å². The van der Waals surface area contributed by atoms with E-state index in [1.807, 2.05) is 0 Å². The zero-order chi connectivity index (χ0) is 15.0. The Morgan fingerprint density at radius 1 is 1.32 bits per heavy atom. The molecule has 1 aromatic rings. The van der Waals surface area contributed by atoms with E-state index in [0.29, 0.717) is 0 Å². The maximum absolute atomic E-state index is 12.0. The minimum Gasteiger partial charge on any atom is -0.456 e. The SMILES string of the molecule is Cc1c(C(=O)OC(C)(C)C)cc(Cl)cc1S(N)(=O)=O. The lowest BCUT2D eigenvalue weighted by atomic mass is 10.1. The number of primary sulfonamides is 1. The van der Waals surface area contributed by atoms with E-state index in [2.05, 4.69) is 0 Å². The molecule has 0 unspecified atom stereocenters. The molecule has 0 bridgehead atoms. The van der Waals surface area contributed by atoms with Gasteiger partial charge < -0.3 is 4.74 Å². The molecule has 0 heterocycles. The van der Waals surface area contributed by atoms with E-state index in [1.165, 1.54) is 19.1 Å². The number of hydrogen-bond acceptors (Lipinski definition) is 4. The van der Waals surface area contributed by atoms with Crippen molar-refractivity contribution in [2.45, 2.75) is 38.2 Å². The molecular weight excluding hydrogens is 290 g/mol. The summed E-state index contributed by atoms with van der Waals surface area (Å²) in [5.41, 5.74) is -0.374. The predicted molar refractivity (Wildman–Crippen MR) is 72.7 cm³/mol. The Labute approximate surface area is 117 Å². The van der Waals surface area contributed by atoms with Crippen molar-refractivity contribution in [2.24, 2.45) is 5.14 Å². The number of sulfonamides is 1. The molecule has 1 rings (SSSR count). The smallest absolute Gasteiger partial charge is 0.339 e. The van der Waals surface area contributed by atoms with E-state index in [4.69, 9.17) is 21.5 Å². The van der Waals surface area contributed by atoms with Crippen LogP contribution in [0.5, 0.6) is 0 Å². The first-order valence-corrected chi connectivity index (χ1v) is 7.40. The van der Waals surface area contributed by atoms with Crippen LogP contribution < -0.4 is 5.14 Å². The van der Waals surface area contributed by atoms with Crippen LogP contribution in [-0.4, -0.2) is 20.0 Å². The van der Waals surface area contributed by atoms with Crippen LogP contribution in [0.4, 0.5) is 0 Å². The molecule has 0 radical (unpaired) electrons. The first kappa shape index (κ1) is 15.9. The zero-order valence-electron chi connectivity index (χ0n) is 11.2. The average molecular weight is 306 g/mol. The monoisotopic (exact) mass is 305 g/mol. The van der Waals surface area contributed by atoms with Crippen molar-refractivity contribution in [3.63, 3.8) is 0 Å². The molecule has 0 saturated heterocycles. The predicted octanol–water partition coefficient (Wildman–Crippen LogP) is 2.25. The minimum absolute atomic E-state index is 0.0893. The summed E-state index contributed by atoms with van der Waals surface area (Å²) in [7, 11) is -3.95. The molecule has 19 heavy (non-hydrogen) atoms. The van der Waals surface area contributed by atoms with Gasteiger partial charge in [0.15, 0.2) is 0 Å². The largest absolute Gasteiger partial charge is 0.456 e. The molecule has 0 spiro atoms. The Kier molecular flexibility index (Phi) is 4.29. The van der Waals surface area contributed by atoms with Gasteiger partial charge in [-0.15, -0.1) is 0 Å². The van der Waals surface area contributed by atoms with Crippen molar-refractivity contribution in [3.05, 3.63) is 28.3 Å². The number of esters is 1. The van der Waals surface area contributed by atoms with Gasteiger partial charge in [0.1, 0.15) is 5.60 Å². The molecule has 1 aromatic carbocycles. The van der Waals surface area contributed by atoms with Gasteiger partial charge >= 0.3 is 5.97 Å². The molecule has 5 nitrogen and oxygen atoms in total. The number of nitrogens with two attached hydrogens (primary N) is 1. The highest BCUT2D eigenvalue weighted by molar-refractivity contribution is 7.89. The van der Waals surface area contributed by atoms with Gasteiger partial charge in [-0.3, -0.25) is 0 Å². The van der Waals surface area contributed by atoms with Crippen LogP contribution in [0, 0.1) is 6.92 Å². The lowest BCUT2D eigenvalue weighted by Crippen LogP contribution is -2.25. The number of halogens is 1. The Balaban J connectivity index is 3.38. The van der Waals surface area contributed by atoms with Gasteiger partial charge in [-0.05, 0) is 45.4 Å². The first-order chi connectivity index (χ1) is 8.42. The summed E-state index contributed by atoms with van der Waals surface area (Å²) in [6, 6.07) is 2.57. The molecule has 106 valence electrons. The van der Waals surface area contributed by atoms with Gasteiger partial charge in [0.25, 0.3) is 0 Å². The summed E-state index contributed by atoms with van der Waals surface area (Å²) >= 11 is 5.82. The van der Waals surface area contributed by atoms with Crippen LogP contribution >= 0.6 is 11.6 Å². The molecule has 0 atom stereocenters. The molecule has 0 aliphatic carbocycles. The van der Waals surface area contributed by atoms with Crippen molar-refractivity contribution < 1.29 is 17.9 Å². The minimum atomic E-state index is -3.95. The fourth-order valence-electron chi connectivity index (χ4n) is 1.49. The van der Waals surface area contributed by atoms with Gasteiger partial charge in [-0.2, -0.15) is 0 Å². The second-order valence-electron chi connectivity index (χ2n) is 5.12. The normalized spacial score (nSPS) is 12.3. The Hall–Kier alpha value is -1.11. The number of benzene rings is 1. The standard InChI is InChI=1S/C12H16ClNO4S/c1-7-9(11(15)18-12(2,3)4)5-8(13)6-10(7)19(14,16)17/h5-6H,1-4H3,(H2,14,16,17). The second kappa shape index (κ2) is 5.11. The highest BCUT2D eigenvalue weighted by atomic mass is 35.5. The van der Waals surface area contributed by atoms with Gasteiger partial charge in [0, 0.05) is 5.02 Å². The van der Waals surface area contributed by atoms with Crippen LogP contribution in [0.2, 0.25) is 5.02 Å². The zero-order valence-corrected chi connectivity index (χ0v) is 12.7. The van der Waals surface area contributed by atoms with Crippen molar-refractivity contribution in [2.75, 3.05) is 0 Å². The molecule has 0 aliphatic heterocycles. The van der Waals surface area contributed by atoms with Crippen molar-refractivity contribution >= 4 is 27.6 Å². The molecule has 2 N–H and O–H groups in total. The topological polar surface area (TPSA) is 86.5 Å². The lowest BCUT2D eigenvalue weighted by molar-refractivity contribution is 0.00684. The molecule has 0 aliphatic rings. The number of ether oxygens (including phenoxy) is 1. The summed E-state index contributed by atoms with van der Waals surface area (Å²) in [6.45, 7) is 6.62. The molecular formula is C12H16ClNO4S. The van der Waals surface area contributed by atoms with E-state index >= 15 is 0 Å². The van der Waals surface area contributed by atoms with Crippen LogP contribution in [0.1, 0.15) is 36.7 Å². The summed E-state index contributed by atoms with van der Waals surface area (Å²) in [6.07, 6.45) is 0. The fourth-order valence-corrected chi connectivity index (χ4v) is 2.61. The maximum Gasteiger partial charge on any atom is 0.339 e. The first-order valence-electron chi connectivity index (χ1n) is 5.48. The number of carbonyl (C=O) groups is 1. The number of carbonyl (C=O) groups excluding carboxylic acids is 1. The van der Waals surface area contributed by atoms with Crippen LogP contribution in [0.25, 0.3) is 0 Å². The average Bonchev–Trinajstić information content (AvgIpc) is 2.16. The molecule has 0 fully saturated rings. The molecule has 0 amide bonds. The quantitative estimate of drug-likeness (QED) is 0.849. The fraction of sp³-hybridized carbons (Fsp3) is 0.417. The molecule has 0 aromatic heterocycles. The van der Waals surface area contributed by atoms with Gasteiger partial charge in [0.05, 0.1) is 10.5 Å². The van der Waals surface area contributed by atoms with Crippen molar-refractivity contribution in [3.8, 4) is 0 Å². The Morgan fingerprint density at radius 3 is 2.26 bits per heavy atom. The van der Waals surface area contributed by atoms with Gasteiger partial charge in [0.2, 0.25) is 10.0 Å². The summed E-state index contributed by atoms with van der Waals surface area (Å²) in [5, 5.41) is 5.19. The van der Waals surface area contributed by atoms with E-state index < -0.39 is 21.6 Å². The highest BCUT2D eigenvalue weighted by Crippen LogP contribution is 2.25. The Morgan fingerprint density at radius 2 is 1.84 bits per heavy atom. The van der Waals surface area contributed by atoms with Crippen LogP contribution in [0.3, 0.4) is 0 Å². The van der Waals surface area contributed by atoms with Gasteiger partial charge in [-0.1, -0.05) is 11.6 Å². The van der Waals surface area contributed by atoms with E-state index in [9.17, 15) is 13.2 Å². The van der Waals surface area contributed by atoms with Crippen molar-refractivity contribution in [1.29, 1.82) is 0 Å². The summed E-state index contributed by atoms with van der Waals surface area (Å²) in [5.74, 6) is -0.641. The Bertz CT molecular complexity index is 617. The summed E-state index contributed by atoms with van der Waals surface area (Å²) in [4.78, 5) is 11.8. The van der Waals surface area contributed by atoms with Crippen LogP contribution in [0.15, 0.2) is 17.0 Å². The highest BCUT2D eigenvalue weighted by Gasteiger charge is 2.23. The summed E-state index contributed by atoms with van der Waals surface area (Å²) < 4.78 is 28.1. The third kappa shape index (κ3) is 4.19. The van der Waals surface area contributed by atoms with E-state index in [-0.39, 0.29) is 21.0 Å². The molecule has 0 saturated carbocycles. The molecule has 7 heteroatoms. The lowest BCUT2D eigenvalue weighted by Gasteiger charge is -2.20. The van der Waals surface area contributed by atoms with Gasteiger partial charge in [-0.25, -0.2) is 18.4 Å². The number of rotatable bonds is 2.